The van der Waals surface area contributed by atoms with E-state index in [1.807, 2.05) is 23.1 Å². The van der Waals surface area contributed by atoms with Crippen molar-refractivity contribution in [3.8, 4) is 11.5 Å². The van der Waals surface area contributed by atoms with Gasteiger partial charge in [-0.3, -0.25) is 9.59 Å². The zero-order chi connectivity index (χ0) is 15.7. The SMILES string of the molecule is COc1ccc(CN2C(=O)CC(=O)[C@@H]3CCC[C@@H]32)c(OC)c1. The van der Waals surface area contributed by atoms with Gasteiger partial charge in [0.15, 0.2) is 0 Å². The predicted molar refractivity (Wildman–Crippen MR) is 80.8 cm³/mol. The number of likely N-dealkylation sites (tertiary alicyclic amines) is 1. The number of benzene rings is 1. The molecule has 0 unspecified atom stereocenters. The number of Topliss-reactive ketones (excluding diaryl/α,β-unsaturated/α-hetero) is 1. The molecular weight excluding hydrogens is 282 g/mol. The van der Waals surface area contributed by atoms with E-state index in [0.29, 0.717) is 12.3 Å². The van der Waals surface area contributed by atoms with Crippen molar-refractivity contribution in [3.05, 3.63) is 23.8 Å². The van der Waals surface area contributed by atoms with Crippen LogP contribution in [-0.2, 0) is 16.1 Å². The highest BCUT2D eigenvalue weighted by Crippen LogP contribution is 2.37. The summed E-state index contributed by atoms with van der Waals surface area (Å²) in [5.41, 5.74) is 0.941. The van der Waals surface area contributed by atoms with E-state index in [1.165, 1.54) is 0 Å². The molecule has 0 spiro atoms. The molecule has 22 heavy (non-hydrogen) atoms. The summed E-state index contributed by atoms with van der Waals surface area (Å²) in [6.45, 7) is 0.487. The zero-order valence-electron chi connectivity index (χ0n) is 13.0. The van der Waals surface area contributed by atoms with Crippen LogP contribution >= 0.6 is 0 Å². The van der Waals surface area contributed by atoms with Gasteiger partial charge in [-0.05, 0) is 25.0 Å². The molecular formula is C17H21NO4. The molecule has 1 aliphatic heterocycles. The van der Waals surface area contributed by atoms with E-state index in [9.17, 15) is 9.59 Å². The first kappa shape index (κ1) is 14.9. The zero-order valence-corrected chi connectivity index (χ0v) is 13.0. The van der Waals surface area contributed by atoms with Crippen LogP contribution in [0.1, 0.15) is 31.2 Å². The molecule has 1 saturated heterocycles. The van der Waals surface area contributed by atoms with Gasteiger partial charge in [0.25, 0.3) is 0 Å². The number of methoxy groups -OCH3 is 2. The maximum Gasteiger partial charge on any atom is 0.230 e. The molecule has 2 atom stereocenters. The van der Waals surface area contributed by atoms with E-state index in [0.717, 1.165) is 30.6 Å². The van der Waals surface area contributed by atoms with Gasteiger partial charge in [-0.15, -0.1) is 0 Å². The molecule has 5 heteroatoms. The Kier molecular flexibility index (Phi) is 4.05. The van der Waals surface area contributed by atoms with E-state index < -0.39 is 0 Å². The fourth-order valence-electron chi connectivity index (χ4n) is 3.63. The smallest absolute Gasteiger partial charge is 0.230 e. The highest BCUT2D eigenvalue weighted by molar-refractivity contribution is 6.02. The van der Waals surface area contributed by atoms with Crippen molar-refractivity contribution in [1.82, 2.24) is 4.90 Å². The number of nitrogens with zero attached hydrogens (tertiary/aromatic N) is 1. The molecule has 2 aliphatic rings. The topological polar surface area (TPSA) is 55.8 Å². The van der Waals surface area contributed by atoms with E-state index in [-0.39, 0.29) is 30.1 Å². The van der Waals surface area contributed by atoms with Crippen LogP contribution in [0.3, 0.4) is 0 Å². The molecule has 0 bridgehead atoms. The Labute approximate surface area is 130 Å². The quantitative estimate of drug-likeness (QED) is 0.800. The standard InChI is InChI=1S/C17H21NO4/c1-21-12-7-6-11(16(8-12)22-2)10-18-14-5-3-4-13(14)15(19)9-17(18)20/h6-8,13-14H,3-5,9-10H2,1-2H3/t13-,14+/m1/s1. The summed E-state index contributed by atoms with van der Waals surface area (Å²) < 4.78 is 10.6. The number of rotatable bonds is 4. The van der Waals surface area contributed by atoms with Crippen molar-refractivity contribution in [2.75, 3.05) is 14.2 Å². The van der Waals surface area contributed by atoms with Crippen molar-refractivity contribution >= 4 is 11.7 Å². The molecule has 1 amide bonds. The number of carbonyl (C=O) groups is 2. The van der Waals surface area contributed by atoms with Crippen LogP contribution in [-0.4, -0.2) is 36.9 Å². The molecule has 0 aromatic heterocycles. The van der Waals surface area contributed by atoms with Crippen LogP contribution in [0.2, 0.25) is 0 Å². The van der Waals surface area contributed by atoms with Crippen molar-refractivity contribution in [1.29, 1.82) is 0 Å². The second kappa shape index (κ2) is 5.99. The first-order valence-electron chi connectivity index (χ1n) is 7.67. The van der Waals surface area contributed by atoms with Gasteiger partial charge in [-0.2, -0.15) is 0 Å². The molecule has 1 aromatic rings. The number of fused-ring (bicyclic) bond motifs is 1. The number of carbonyl (C=O) groups excluding carboxylic acids is 2. The summed E-state index contributed by atoms with van der Waals surface area (Å²) in [4.78, 5) is 26.2. The minimum absolute atomic E-state index is 0.0296. The average Bonchev–Trinajstić information content (AvgIpc) is 3.01. The largest absolute Gasteiger partial charge is 0.497 e. The predicted octanol–water partition coefficient (Wildman–Crippen LogP) is 2.17. The van der Waals surface area contributed by atoms with Gasteiger partial charge in [-0.1, -0.05) is 6.42 Å². The van der Waals surface area contributed by atoms with Crippen molar-refractivity contribution in [2.45, 2.75) is 38.3 Å². The molecule has 0 radical (unpaired) electrons. The molecule has 5 nitrogen and oxygen atoms in total. The van der Waals surface area contributed by atoms with Gasteiger partial charge >= 0.3 is 0 Å². The van der Waals surface area contributed by atoms with Gasteiger partial charge in [0.1, 0.15) is 17.3 Å². The fraction of sp³-hybridized carbons (Fsp3) is 0.529. The summed E-state index contributed by atoms with van der Waals surface area (Å²) in [5, 5.41) is 0. The Bertz CT molecular complexity index is 598. The summed E-state index contributed by atoms with van der Waals surface area (Å²) in [5.74, 6) is 1.51. The van der Waals surface area contributed by atoms with E-state index in [2.05, 4.69) is 0 Å². The van der Waals surface area contributed by atoms with E-state index in [1.54, 1.807) is 14.2 Å². The third-order valence-electron chi connectivity index (χ3n) is 4.77. The van der Waals surface area contributed by atoms with Gasteiger partial charge < -0.3 is 14.4 Å². The Morgan fingerprint density at radius 3 is 2.73 bits per heavy atom. The lowest BCUT2D eigenvalue weighted by atomic mass is 9.89. The first-order valence-corrected chi connectivity index (χ1v) is 7.67. The van der Waals surface area contributed by atoms with Crippen LogP contribution in [0.15, 0.2) is 18.2 Å². The average molecular weight is 303 g/mol. The molecule has 3 rings (SSSR count). The normalized spacial score (nSPS) is 24.4. The second-order valence-electron chi connectivity index (χ2n) is 5.95. The van der Waals surface area contributed by atoms with Gasteiger partial charge in [0, 0.05) is 30.1 Å². The van der Waals surface area contributed by atoms with Crippen molar-refractivity contribution in [3.63, 3.8) is 0 Å². The van der Waals surface area contributed by atoms with Crippen LogP contribution < -0.4 is 9.47 Å². The maximum absolute atomic E-state index is 12.3. The molecule has 0 N–H and O–H groups in total. The molecule has 1 heterocycles. The summed E-state index contributed by atoms with van der Waals surface area (Å²) >= 11 is 0. The second-order valence-corrected chi connectivity index (χ2v) is 5.95. The monoisotopic (exact) mass is 303 g/mol. The minimum Gasteiger partial charge on any atom is -0.497 e. The summed E-state index contributed by atoms with van der Waals surface area (Å²) in [6.07, 6.45) is 2.89. The Balaban J connectivity index is 1.85. The molecule has 118 valence electrons. The maximum atomic E-state index is 12.3. The highest BCUT2D eigenvalue weighted by Gasteiger charge is 2.43. The number of ether oxygens (including phenoxy) is 2. The Morgan fingerprint density at radius 2 is 2.00 bits per heavy atom. The third-order valence-corrected chi connectivity index (χ3v) is 4.77. The number of piperidine rings is 1. The summed E-state index contributed by atoms with van der Waals surface area (Å²) in [6, 6.07) is 5.66. The van der Waals surface area contributed by atoms with Crippen LogP contribution in [0, 0.1) is 5.92 Å². The molecule has 1 aliphatic carbocycles. The summed E-state index contributed by atoms with van der Waals surface area (Å²) in [7, 11) is 3.22. The number of hydrogen-bond acceptors (Lipinski definition) is 4. The van der Waals surface area contributed by atoms with Gasteiger partial charge in [0.2, 0.25) is 5.91 Å². The number of ketones is 1. The van der Waals surface area contributed by atoms with Crippen LogP contribution in [0.5, 0.6) is 11.5 Å². The van der Waals surface area contributed by atoms with E-state index >= 15 is 0 Å². The van der Waals surface area contributed by atoms with Crippen molar-refractivity contribution in [2.24, 2.45) is 5.92 Å². The third kappa shape index (κ3) is 2.56. The van der Waals surface area contributed by atoms with Gasteiger partial charge in [-0.25, -0.2) is 0 Å². The lowest BCUT2D eigenvalue weighted by molar-refractivity contribution is -0.146. The van der Waals surface area contributed by atoms with Crippen LogP contribution in [0.4, 0.5) is 0 Å². The molecule has 2 fully saturated rings. The number of hydrogen-bond donors (Lipinski definition) is 0. The van der Waals surface area contributed by atoms with Gasteiger partial charge in [0.05, 0.1) is 20.6 Å². The Morgan fingerprint density at radius 1 is 1.18 bits per heavy atom. The lowest BCUT2D eigenvalue weighted by Crippen LogP contribution is -2.49. The lowest BCUT2D eigenvalue weighted by Gasteiger charge is -2.37. The first-order chi connectivity index (χ1) is 10.6. The van der Waals surface area contributed by atoms with Crippen molar-refractivity contribution < 1.29 is 19.1 Å². The van der Waals surface area contributed by atoms with E-state index in [4.69, 9.17) is 9.47 Å². The molecule has 1 aromatic carbocycles. The minimum atomic E-state index is -0.0639. The highest BCUT2D eigenvalue weighted by atomic mass is 16.5. The fourth-order valence-corrected chi connectivity index (χ4v) is 3.63. The number of amides is 1. The van der Waals surface area contributed by atoms with Crippen LogP contribution in [0.25, 0.3) is 0 Å². The Hall–Kier alpha value is -2.04. The molecule has 1 saturated carbocycles.